The Morgan fingerprint density at radius 3 is 3.00 bits per heavy atom. The SMILES string of the molecule is CCCC(C)CSc1ccncc1N. The number of anilines is 1. The number of nitrogen functional groups attached to an aromatic ring is 1. The van der Waals surface area contributed by atoms with E-state index in [1.807, 2.05) is 17.8 Å². The van der Waals surface area contributed by atoms with E-state index in [2.05, 4.69) is 18.8 Å². The summed E-state index contributed by atoms with van der Waals surface area (Å²) in [7, 11) is 0. The first kappa shape index (κ1) is 11.4. The Morgan fingerprint density at radius 1 is 1.57 bits per heavy atom. The van der Waals surface area contributed by atoms with Crippen LogP contribution in [0.3, 0.4) is 0 Å². The Labute approximate surface area is 90.3 Å². The van der Waals surface area contributed by atoms with Gasteiger partial charge in [0.1, 0.15) is 0 Å². The first-order chi connectivity index (χ1) is 6.74. The van der Waals surface area contributed by atoms with Crippen LogP contribution in [0, 0.1) is 5.92 Å². The zero-order valence-electron chi connectivity index (χ0n) is 8.86. The highest BCUT2D eigenvalue weighted by atomic mass is 32.2. The van der Waals surface area contributed by atoms with Crippen molar-refractivity contribution in [3.05, 3.63) is 18.5 Å². The van der Waals surface area contributed by atoms with Crippen molar-refractivity contribution in [3.8, 4) is 0 Å². The second-order valence-corrected chi connectivity index (χ2v) is 4.68. The Hall–Kier alpha value is -0.700. The molecule has 0 saturated carbocycles. The summed E-state index contributed by atoms with van der Waals surface area (Å²) in [5.41, 5.74) is 6.59. The van der Waals surface area contributed by atoms with Gasteiger partial charge in [0.05, 0.1) is 11.9 Å². The summed E-state index contributed by atoms with van der Waals surface area (Å²) in [4.78, 5) is 5.13. The zero-order chi connectivity index (χ0) is 10.4. The van der Waals surface area contributed by atoms with Crippen molar-refractivity contribution in [1.29, 1.82) is 0 Å². The minimum absolute atomic E-state index is 0.762. The van der Waals surface area contributed by atoms with Gasteiger partial charge in [0.15, 0.2) is 0 Å². The second kappa shape index (κ2) is 5.91. The highest BCUT2D eigenvalue weighted by Crippen LogP contribution is 2.26. The Kier molecular flexibility index (Phi) is 4.80. The summed E-state index contributed by atoms with van der Waals surface area (Å²) < 4.78 is 0. The van der Waals surface area contributed by atoms with Gasteiger partial charge in [-0.2, -0.15) is 0 Å². The smallest absolute Gasteiger partial charge is 0.0638 e. The summed E-state index contributed by atoms with van der Waals surface area (Å²) in [5, 5.41) is 0. The van der Waals surface area contributed by atoms with Crippen LogP contribution in [0.2, 0.25) is 0 Å². The third kappa shape index (κ3) is 3.58. The first-order valence-electron chi connectivity index (χ1n) is 5.06. The van der Waals surface area contributed by atoms with Crippen LogP contribution in [0.15, 0.2) is 23.4 Å². The van der Waals surface area contributed by atoms with Crippen LogP contribution in [0.5, 0.6) is 0 Å². The van der Waals surface area contributed by atoms with Crippen molar-refractivity contribution in [2.24, 2.45) is 5.92 Å². The van der Waals surface area contributed by atoms with Crippen molar-refractivity contribution in [2.75, 3.05) is 11.5 Å². The molecule has 0 radical (unpaired) electrons. The molecule has 1 aromatic rings. The van der Waals surface area contributed by atoms with E-state index in [1.165, 1.54) is 12.8 Å². The number of pyridine rings is 1. The number of hydrogen-bond donors (Lipinski definition) is 1. The summed E-state index contributed by atoms with van der Waals surface area (Å²) in [6, 6.07) is 1.98. The zero-order valence-corrected chi connectivity index (χ0v) is 9.68. The molecule has 0 aromatic carbocycles. The van der Waals surface area contributed by atoms with Gasteiger partial charge in [-0.3, -0.25) is 4.98 Å². The van der Waals surface area contributed by atoms with E-state index in [0.717, 1.165) is 22.3 Å². The molecule has 2 nitrogen and oxygen atoms in total. The number of nitrogens with zero attached hydrogens (tertiary/aromatic N) is 1. The van der Waals surface area contributed by atoms with Gasteiger partial charge in [-0.25, -0.2) is 0 Å². The lowest BCUT2D eigenvalue weighted by Crippen LogP contribution is -1.98. The second-order valence-electron chi connectivity index (χ2n) is 3.62. The molecule has 0 aliphatic rings. The highest BCUT2D eigenvalue weighted by Gasteiger charge is 2.03. The molecule has 78 valence electrons. The van der Waals surface area contributed by atoms with Crippen LogP contribution in [0.25, 0.3) is 0 Å². The van der Waals surface area contributed by atoms with Crippen LogP contribution in [0.4, 0.5) is 5.69 Å². The Balaban J connectivity index is 2.41. The third-order valence-electron chi connectivity index (χ3n) is 2.11. The summed E-state index contributed by atoms with van der Waals surface area (Å²) >= 11 is 1.83. The minimum atomic E-state index is 0.762. The quantitative estimate of drug-likeness (QED) is 0.759. The Morgan fingerprint density at radius 2 is 2.36 bits per heavy atom. The normalized spacial score (nSPS) is 12.7. The van der Waals surface area contributed by atoms with Crippen LogP contribution < -0.4 is 5.73 Å². The van der Waals surface area contributed by atoms with Crippen LogP contribution in [-0.4, -0.2) is 10.7 Å². The maximum atomic E-state index is 5.80. The maximum Gasteiger partial charge on any atom is 0.0638 e. The molecule has 1 heterocycles. The van der Waals surface area contributed by atoms with Gasteiger partial charge in [-0.05, 0) is 12.0 Å². The van der Waals surface area contributed by atoms with Gasteiger partial charge in [-0.15, -0.1) is 11.8 Å². The first-order valence-corrected chi connectivity index (χ1v) is 6.05. The van der Waals surface area contributed by atoms with Crippen molar-refractivity contribution in [2.45, 2.75) is 31.6 Å². The topological polar surface area (TPSA) is 38.9 Å². The third-order valence-corrected chi connectivity index (χ3v) is 3.53. The van der Waals surface area contributed by atoms with Crippen LogP contribution >= 0.6 is 11.8 Å². The number of nitrogens with two attached hydrogens (primary N) is 1. The van der Waals surface area contributed by atoms with Gasteiger partial charge < -0.3 is 5.73 Å². The van der Waals surface area contributed by atoms with Crippen molar-refractivity contribution in [3.63, 3.8) is 0 Å². The van der Waals surface area contributed by atoms with Gasteiger partial charge in [-0.1, -0.05) is 26.7 Å². The van der Waals surface area contributed by atoms with Gasteiger partial charge in [0.2, 0.25) is 0 Å². The van der Waals surface area contributed by atoms with E-state index in [0.29, 0.717) is 0 Å². The van der Waals surface area contributed by atoms with E-state index in [4.69, 9.17) is 5.73 Å². The molecule has 0 aliphatic carbocycles. The lowest BCUT2D eigenvalue weighted by atomic mass is 10.1. The largest absolute Gasteiger partial charge is 0.397 e. The maximum absolute atomic E-state index is 5.80. The molecular formula is C11H18N2S. The lowest BCUT2D eigenvalue weighted by molar-refractivity contribution is 0.585. The van der Waals surface area contributed by atoms with Crippen molar-refractivity contribution in [1.82, 2.24) is 4.98 Å². The molecule has 2 N–H and O–H groups in total. The fourth-order valence-corrected chi connectivity index (χ4v) is 2.34. The van der Waals surface area contributed by atoms with E-state index < -0.39 is 0 Å². The summed E-state index contributed by atoms with van der Waals surface area (Å²) in [5.74, 6) is 1.90. The summed E-state index contributed by atoms with van der Waals surface area (Å²) in [6.07, 6.45) is 6.06. The molecule has 0 bridgehead atoms. The molecule has 3 heteroatoms. The van der Waals surface area contributed by atoms with E-state index in [1.54, 1.807) is 12.4 Å². The van der Waals surface area contributed by atoms with E-state index >= 15 is 0 Å². The molecule has 0 amide bonds. The predicted molar refractivity (Wildman–Crippen MR) is 63.4 cm³/mol. The van der Waals surface area contributed by atoms with Gasteiger partial charge in [0.25, 0.3) is 0 Å². The minimum Gasteiger partial charge on any atom is -0.397 e. The molecule has 14 heavy (non-hydrogen) atoms. The molecule has 0 aliphatic heterocycles. The van der Waals surface area contributed by atoms with Crippen LogP contribution in [0.1, 0.15) is 26.7 Å². The van der Waals surface area contributed by atoms with E-state index in [9.17, 15) is 0 Å². The standard InChI is InChI=1S/C11H18N2S/c1-3-4-9(2)8-14-11-5-6-13-7-10(11)12/h5-7,9H,3-4,8,12H2,1-2H3. The van der Waals surface area contributed by atoms with Gasteiger partial charge >= 0.3 is 0 Å². The van der Waals surface area contributed by atoms with Crippen molar-refractivity contribution < 1.29 is 0 Å². The number of aromatic nitrogens is 1. The molecular weight excluding hydrogens is 192 g/mol. The molecule has 0 spiro atoms. The predicted octanol–water partition coefficient (Wildman–Crippen LogP) is 3.19. The molecule has 1 atom stereocenters. The average Bonchev–Trinajstić information content (AvgIpc) is 2.17. The number of rotatable bonds is 5. The van der Waals surface area contributed by atoms with Gasteiger partial charge in [0, 0.05) is 16.8 Å². The van der Waals surface area contributed by atoms with Crippen LogP contribution in [-0.2, 0) is 0 Å². The lowest BCUT2D eigenvalue weighted by Gasteiger charge is -2.10. The fraction of sp³-hybridized carbons (Fsp3) is 0.545. The van der Waals surface area contributed by atoms with E-state index in [-0.39, 0.29) is 0 Å². The number of thioether (sulfide) groups is 1. The van der Waals surface area contributed by atoms with Crippen molar-refractivity contribution >= 4 is 17.4 Å². The molecule has 1 aromatic heterocycles. The monoisotopic (exact) mass is 210 g/mol. The molecule has 0 fully saturated rings. The Bertz CT molecular complexity index is 276. The highest BCUT2D eigenvalue weighted by molar-refractivity contribution is 7.99. The molecule has 1 rings (SSSR count). The fourth-order valence-electron chi connectivity index (χ4n) is 1.33. The summed E-state index contributed by atoms with van der Waals surface area (Å²) in [6.45, 7) is 4.51. The molecule has 1 unspecified atom stereocenters. The number of hydrogen-bond acceptors (Lipinski definition) is 3. The average molecular weight is 210 g/mol. The molecule has 0 saturated heterocycles.